The molecule has 0 aliphatic heterocycles. The van der Waals surface area contributed by atoms with Crippen LogP contribution in [0.1, 0.15) is 32.5 Å². The second-order valence-corrected chi connectivity index (χ2v) is 3.44. The van der Waals surface area contributed by atoms with Gasteiger partial charge in [-0.1, -0.05) is 13.8 Å². The molecular weight excluding hydrogens is 152 g/mol. The molecule has 12 heavy (non-hydrogen) atoms. The average Bonchev–Trinajstić information content (AvgIpc) is 2.33. The summed E-state index contributed by atoms with van der Waals surface area (Å²) in [7, 11) is 0. The van der Waals surface area contributed by atoms with E-state index in [-0.39, 0.29) is 6.10 Å². The van der Waals surface area contributed by atoms with Crippen molar-refractivity contribution in [1.82, 2.24) is 9.55 Å². The third-order valence-corrected chi connectivity index (χ3v) is 1.73. The molecule has 1 atom stereocenters. The van der Waals surface area contributed by atoms with Gasteiger partial charge in [0.25, 0.3) is 0 Å². The van der Waals surface area contributed by atoms with E-state index >= 15 is 0 Å². The van der Waals surface area contributed by atoms with Crippen molar-refractivity contribution in [1.29, 1.82) is 0 Å². The largest absolute Gasteiger partial charge is 0.392 e. The number of aromatic nitrogens is 2. The molecule has 0 aliphatic carbocycles. The molecule has 0 aromatic carbocycles. The third kappa shape index (κ3) is 2.08. The molecule has 0 amide bonds. The van der Waals surface area contributed by atoms with Gasteiger partial charge in [-0.15, -0.1) is 0 Å². The molecule has 0 fully saturated rings. The summed E-state index contributed by atoms with van der Waals surface area (Å²) < 4.78 is 2.00. The molecule has 0 saturated heterocycles. The first-order chi connectivity index (χ1) is 5.61. The zero-order valence-electron chi connectivity index (χ0n) is 7.86. The summed E-state index contributed by atoms with van der Waals surface area (Å²) in [5, 5.41) is 9.18. The summed E-state index contributed by atoms with van der Waals surface area (Å²) in [6.45, 7) is 6.61. The van der Waals surface area contributed by atoms with Crippen molar-refractivity contribution in [3.05, 3.63) is 18.2 Å². The van der Waals surface area contributed by atoms with Gasteiger partial charge >= 0.3 is 0 Å². The molecule has 0 bridgehead atoms. The minimum absolute atomic E-state index is 0.309. The van der Waals surface area contributed by atoms with Crippen molar-refractivity contribution < 1.29 is 5.11 Å². The number of hydrogen-bond acceptors (Lipinski definition) is 2. The fraction of sp³-hybridized carbons (Fsp3) is 0.667. The maximum atomic E-state index is 9.18. The molecule has 1 aromatic heterocycles. The van der Waals surface area contributed by atoms with E-state index in [1.807, 2.05) is 10.8 Å². The SMILES string of the molecule is CC(C)c1nccn1C[C@@H](C)O. The lowest BCUT2D eigenvalue weighted by atomic mass is 10.2. The van der Waals surface area contributed by atoms with Crippen molar-refractivity contribution in [2.75, 3.05) is 0 Å². The second-order valence-electron chi connectivity index (χ2n) is 3.44. The lowest BCUT2D eigenvalue weighted by Crippen LogP contribution is -2.14. The smallest absolute Gasteiger partial charge is 0.111 e. The Labute approximate surface area is 73.1 Å². The van der Waals surface area contributed by atoms with Gasteiger partial charge in [0.15, 0.2) is 0 Å². The predicted molar refractivity (Wildman–Crippen MR) is 48.0 cm³/mol. The van der Waals surface area contributed by atoms with Crippen LogP contribution in [0.25, 0.3) is 0 Å². The summed E-state index contributed by atoms with van der Waals surface area (Å²) in [6, 6.07) is 0. The van der Waals surface area contributed by atoms with E-state index in [4.69, 9.17) is 0 Å². The van der Waals surface area contributed by atoms with Gasteiger partial charge in [0.2, 0.25) is 0 Å². The minimum Gasteiger partial charge on any atom is -0.392 e. The predicted octanol–water partition coefficient (Wildman–Crippen LogP) is 1.39. The Morgan fingerprint density at radius 1 is 1.50 bits per heavy atom. The van der Waals surface area contributed by atoms with Gasteiger partial charge < -0.3 is 9.67 Å². The van der Waals surface area contributed by atoms with Crippen molar-refractivity contribution >= 4 is 0 Å². The number of aliphatic hydroxyl groups excluding tert-OH is 1. The second kappa shape index (κ2) is 3.72. The minimum atomic E-state index is -0.309. The van der Waals surface area contributed by atoms with Gasteiger partial charge in [-0.2, -0.15) is 0 Å². The molecule has 3 heteroatoms. The van der Waals surface area contributed by atoms with E-state index in [9.17, 15) is 5.11 Å². The number of aliphatic hydroxyl groups is 1. The van der Waals surface area contributed by atoms with Gasteiger partial charge in [0.05, 0.1) is 6.10 Å². The molecule has 0 unspecified atom stereocenters. The Morgan fingerprint density at radius 3 is 2.67 bits per heavy atom. The van der Waals surface area contributed by atoms with Gasteiger partial charge in [0, 0.05) is 24.9 Å². The maximum absolute atomic E-state index is 9.18. The van der Waals surface area contributed by atoms with Crippen LogP contribution in [-0.2, 0) is 6.54 Å². The third-order valence-electron chi connectivity index (χ3n) is 1.73. The number of rotatable bonds is 3. The molecule has 0 saturated carbocycles. The molecule has 0 aliphatic rings. The fourth-order valence-corrected chi connectivity index (χ4v) is 1.26. The number of imidazole rings is 1. The van der Waals surface area contributed by atoms with Crippen LogP contribution in [0, 0.1) is 0 Å². The lowest BCUT2D eigenvalue weighted by Gasteiger charge is -2.11. The van der Waals surface area contributed by atoms with E-state index in [2.05, 4.69) is 18.8 Å². The van der Waals surface area contributed by atoms with E-state index in [1.54, 1.807) is 13.1 Å². The lowest BCUT2D eigenvalue weighted by molar-refractivity contribution is 0.172. The van der Waals surface area contributed by atoms with E-state index < -0.39 is 0 Å². The Kier molecular flexibility index (Phi) is 2.87. The quantitative estimate of drug-likeness (QED) is 0.740. The Morgan fingerprint density at radius 2 is 2.17 bits per heavy atom. The summed E-state index contributed by atoms with van der Waals surface area (Å²) in [5.74, 6) is 1.45. The van der Waals surface area contributed by atoms with Crippen molar-refractivity contribution in [2.45, 2.75) is 39.3 Å². The Hall–Kier alpha value is -0.830. The number of hydrogen-bond donors (Lipinski definition) is 1. The zero-order chi connectivity index (χ0) is 9.14. The highest BCUT2D eigenvalue weighted by Gasteiger charge is 2.07. The van der Waals surface area contributed by atoms with Crippen LogP contribution in [0.4, 0.5) is 0 Å². The van der Waals surface area contributed by atoms with Crippen LogP contribution in [0.5, 0.6) is 0 Å². The van der Waals surface area contributed by atoms with Crippen LogP contribution < -0.4 is 0 Å². The van der Waals surface area contributed by atoms with Crippen molar-refractivity contribution in [3.8, 4) is 0 Å². The fourth-order valence-electron chi connectivity index (χ4n) is 1.26. The van der Waals surface area contributed by atoms with Crippen molar-refractivity contribution in [2.24, 2.45) is 0 Å². The van der Waals surface area contributed by atoms with Crippen LogP contribution in [0.15, 0.2) is 12.4 Å². The first-order valence-electron chi connectivity index (χ1n) is 4.30. The van der Waals surface area contributed by atoms with E-state index in [1.165, 1.54) is 0 Å². The van der Waals surface area contributed by atoms with Crippen LogP contribution >= 0.6 is 0 Å². The highest BCUT2D eigenvalue weighted by atomic mass is 16.3. The highest BCUT2D eigenvalue weighted by Crippen LogP contribution is 2.11. The summed E-state index contributed by atoms with van der Waals surface area (Å²) in [4.78, 5) is 4.22. The average molecular weight is 168 g/mol. The summed E-state index contributed by atoms with van der Waals surface area (Å²) in [5.41, 5.74) is 0. The van der Waals surface area contributed by atoms with Gasteiger partial charge in [-0.05, 0) is 6.92 Å². The Balaban J connectivity index is 2.77. The molecule has 68 valence electrons. The van der Waals surface area contributed by atoms with Crippen LogP contribution in [0.2, 0.25) is 0 Å². The van der Waals surface area contributed by atoms with Gasteiger partial charge in [-0.25, -0.2) is 4.98 Å². The van der Waals surface area contributed by atoms with Gasteiger partial charge in [-0.3, -0.25) is 0 Å². The molecule has 1 aromatic rings. The first-order valence-corrected chi connectivity index (χ1v) is 4.30. The maximum Gasteiger partial charge on any atom is 0.111 e. The zero-order valence-corrected chi connectivity index (χ0v) is 7.86. The summed E-state index contributed by atoms with van der Waals surface area (Å²) in [6.07, 6.45) is 3.37. The first kappa shape index (κ1) is 9.26. The van der Waals surface area contributed by atoms with Crippen molar-refractivity contribution in [3.63, 3.8) is 0 Å². The normalized spacial score (nSPS) is 13.8. The van der Waals surface area contributed by atoms with E-state index in [0.717, 1.165) is 5.82 Å². The molecular formula is C9H16N2O. The summed E-state index contributed by atoms with van der Waals surface area (Å²) >= 11 is 0. The highest BCUT2D eigenvalue weighted by molar-refractivity contribution is 4.97. The molecule has 3 nitrogen and oxygen atoms in total. The topological polar surface area (TPSA) is 38.0 Å². The number of nitrogens with zero attached hydrogens (tertiary/aromatic N) is 2. The molecule has 1 rings (SSSR count). The molecule has 1 heterocycles. The van der Waals surface area contributed by atoms with Crippen LogP contribution in [-0.4, -0.2) is 20.8 Å². The molecule has 1 N–H and O–H groups in total. The Bertz CT molecular complexity index is 240. The molecule has 0 spiro atoms. The van der Waals surface area contributed by atoms with E-state index in [0.29, 0.717) is 12.5 Å². The standard InChI is InChI=1S/C9H16N2O/c1-7(2)9-10-4-5-11(9)6-8(3)12/h4-5,7-8,12H,6H2,1-3H3/t8-/m1/s1. The molecule has 0 radical (unpaired) electrons. The van der Waals surface area contributed by atoms with Gasteiger partial charge in [0.1, 0.15) is 5.82 Å². The monoisotopic (exact) mass is 168 g/mol. The van der Waals surface area contributed by atoms with Crippen LogP contribution in [0.3, 0.4) is 0 Å².